The minimum absolute atomic E-state index is 0.217. The van der Waals surface area contributed by atoms with Gasteiger partial charge in [0.15, 0.2) is 11.5 Å². The zero-order chi connectivity index (χ0) is 16.2. The Bertz CT molecular complexity index is 868. The molecular weight excluding hydrogens is 299 g/mol. The van der Waals surface area contributed by atoms with E-state index in [1.165, 1.54) is 25.6 Å². The lowest BCUT2D eigenvalue weighted by molar-refractivity contribution is 0.413. The first-order valence-corrected chi connectivity index (χ1v) is 6.58. The second kappa shape index (κ2) is 6.11. The van der Waals surface area contributed by atoms with Crippen molar-refractivity contribution in [3.63, 3.8) is 0 Å². The number of anilines is 2. The van der Waals surface area contributed by atoms with Gasteiger partial charge in [0.1, 0.15) is 23.5 Å². The molecule has 0 aliphatic rings. The van der Waals surface area contributed by atoms with Crippen molar-refractivity contribution in [2.24, 2.45) is 0 Å². The number of benzene rings is 1. The molecule has 3 aromatic rings. The monoisotopic (exact) mass is 310 g/mol. The number of ether oxygens (including phenoxy) is 1. The number of halogens is 1. The van der Waals surface area contributed by atoms with E-state index in [9.17, 15) is 4.39 Å². The smallest absolute Gasteiger partial charge is 0.158 e. The fourth-order valence-electron chi connectivity index (χ4n) is 2.03. The van der Waals surface area contributed by atoms with Crippen molar-refractivity contribution in [2.45, 2.75) is 0 Å². The Morgan fingerprint density at radius 2 is 2.13 bits per heavy atom. The minimum Gasteiger partial charge on any atom is -0.496 e. The Morgan fingerprint density at radius 3 is 2.83 bits per heavy atom. The molecule has 0 fully saturated rings. The van der Waals surface area contributed by atoms with Crippen LogP contribution in [0.25, 0.3) is 11.3 Å². The van der Waals surface area contributed by atoms with E-state index in [1.807, 2.05) is 6.07 Å². The van der Waals surface area contributed by atoms with Gasteiger partial charge in [0.05, 0.1) is 30.8 Å². The number of nitriles is 1. The molecule has 1 aromatic carbocycles. The molecule has 2 aromatic heterocycles. The van der Waals surface area contributed by atoms with E-state index in [-0.39, 0.29) is 5.69 Å². The third kappa shape index (κ3) is 2.94. The highest BCUT2D eigenvalue weighted by atomic mass is 19.1. The van der Waals surface area contributed by atoms with Gasteiger partial charge in [-0.1, -0.05) is 6.07 Å². The van der Waals surface area contributed by atoms with Crippen LogP contribution in [0.2, 0.25) is 0 Å². The van der Waals surface area contributed by atoms with Crippen LogP contribution >= 0.6 is 0 Å². The summed E-state index contributed by atoms with van der Waals surface area (Å²) < 4.78 is 19.2. The topological polar surface area (TPSA) is 99.5 Å². The van der Waals surface area contributed by atoms with Gasteiger partial charge < -0.3 is 10.1 Å². The summed E-state index contributed by atoms with van der Waals surface area (Å²) in [6.07, 6.45) is 2.76. The van der Waals surface area contributed by atoms with E-state index in [0.717, 1.165) is 0 Å². The second-order valence-electron chi connectivity index (χ2n) is 4.51. The summed E-state index contributed by atoms with van der Waals surface area (Å²) in [5.74, 6) is 0.836. The molecule has 0 unspecified atom stereocenters. The number of methoxy groups -OCH3 is 1. The van der Waals surface area contributed by atoms with Gasteiger partial charge in [0.2, 0.25) is 0 Å². The Morgan fingerprint density at radius 1 is 1.26 bits per heavy atom. The zero-order valence-corrected chi connectivity index (χ0v) is 12.0. The van der Waals surface area contributed by atoms with Crippen LogP contribution in [0.3, 0.4) is 0 Å². The number of H-pyrrole nitrogens is 1. The van der Waals surface area contributed by atoms with Crippen molar-refractivity contribution in [2.75, 3.05) is 12.4 Å². The van der Waals surface area contributed by atoms with Gasteiger partial charge in [-0.25, -0.2) is 14.4 Å². The molecule has 2 N–H and O–H groups in total. The fraction of sp³-hybridized carbons (Fsp3) is 0.0667. The largest absolute Gasteiger partial charge is 0.496 e. The number of aromatic nitrogens is 4. The van der Waals surface area contributed by atoms with Crippen molar-refractivity contribution in [3.8, 4) is 23.1 Å². The third-order valence-corrected chi connectivity index (χ3v) is 3.07. The Balaban J connectivity index is 1.87. The summed E-state index contributed by atoms with van der Waals surface area (Å²) in [6.45, 7) is 0. The molecule has 0 amide bonds. The SMILES string of the molecule is COc1cccc(F)c1-c1cc(Nc2cnc(C#N)cn2)n[nH]1. The molecule has 0 bridgehead atoms. The van der Waals surface area contributed by atoms with Crippen LogP contribution in [-0.2, 0) is 0 Å². The highest BCUT2D eigenvalue weighted by Gasteiger charge is 2.14. The molecule has 7 nitrogen and oxygen atoms in total. The van der Waals surface area contributed by atoms with E-state index in [0.29, 0.717) is 28.6 Å². The van der Waals surface area contributed by atoms with Crippen molar-refractivity contribution in [1.29, 1.82) is 5.26 Å². The lowest BCUT2D eigenvalue weighted by Gasteiger charge is -2.06. The van der Waals surface area contributed by atoms with Crippen molar-refractivity contribution >= 4 is 11.6 Å². The van der Waals surface area contributed by atoms with Crippen LogP contribution in [0.4, 0.5) is 16.0 Å². The summed E-state index contributed by atoms with van der Waals surface area (Å²) >= 11 is 0. The van der Waals surface area contributed by atoms with Gasteiger partial charge in [0, 0.05) is 6.07 Å². The van der Waals surface area contributed by atoms with Gasteiger partial charge in [-0.05, 0) is 12.1 Å². The number of hydrogen-bond acceptors (Lipinski definition) is 6. The summed E-state index contributed by atoms with van der Waals surface area (Å²) in [5.41, 5.74) is 0.972. The average molecular weight is 310 g/mol. The van der Waals surface area contributed by atoms with Gasteiger partial charge in [0.25, 0.3) is 0 Å². The molecule has 0 aliphatic carbocycles. The summed E-state index contributed by atoms with van der Waals surface area (Å²) in [7, 11) is 1.47. The van der Waals surface area contributed by atoms with Crippen molar-refractivity contribution in [3.05, 3.63) is 48.2 Å². The number of nitrogens with zero attached hydrogens (tertiary/aromatic N) is 4. The number of hydrogen-bond donors (Lipinski definition) is 2. The molecule has 114 valence electrons. The number of nitrogens with one attached hydrogen (secondary N) is 2. The molecular formula is C15H11FN6O. The van der Waals surface area contributed by atoms with E-state index >= 15 is 0 Å². The second-order valence-corrected chi connectivity index (χ2v) is 4.51. The zero-order valence-electron chi connectivity index (χ0n) is 12.0. The molecule has 0 radical (unpaired) electrons. The van der Waals surface area contributed by atoms with E-state index < -0.39 is 5.82 Å². The standard InChI is InChI=1S/C15H11FN6O/c1-23-12-4-2-3-10(16)15(12)11-5-13(22-21-11)20-14-8-18-9(6-17)7-19-14/h2-5,7-8H,1H3,(H2,19,20,21,22). The first-order chi connectivity index (χ1) is 11.2. The summed E-state index contributed by atoms with van der Waals surface area (Å²) in [6, 6.07) is 8.09. The molecule has 0 saturated heterocycles. The first-order valence-electron chi connectivity index (χ1n) is 6.58. The maximum Gasteiger partial charge on any atom is 0.158 e. The van der Waals surface area contributed by atoms with Crippen molar-refractivity contribution < 1.29 is 9.13 Å². The van der Waals surface area contributed by atoms with Crippen LogP contribution in [0.15, 0.2) is 36.7 Å². The summed E-state index contributed by atoms with van der Waals surface area (Å²) in [4.78, 5) is 7.93. The van der Waals surface area contributed by atoms with Crippen LogP contribution < -0.4 is 10.1 Å². The molecule has 0 aliphatic heterocycles. The lowest BCUT2D eigenvalue weighted by Crippen LogP contribution is -1.95. The molecule has 0 atom stereocenters. The third-order valence-electron chi connectivity index (χ3n) is 3.07. The Kier molecular flexibility index (Phi) is 3.84. The first kappa shape index (κ1) is 14.5. The molecule has 3 rings (SSSR count). The minimum atomic E-state index is -0.419. The van der Waals surface area contributed by atoms with Crippen LogP contribution in [-0.4, -0.2) is 27.3 Å². The molecule has 0 saturated carbocycles. The normalized spacial score (nSPS) is 10.1. The lowest BCUT2D eigenvalue weighted by atomic mass is 10.1. The van der Waals surface area contributed by atoms with Crippen LogP contribution in [0.1, 0.15) is 5.69 Å². The predicted molar refractivity (Wildman–Crippen MR) is 80.6 cm³/mol. The maximum atomic E-state index is 14.0. The maximum absolute atomic E-state index is 14.0. The highest BCUT2D eigenvalue weighted by Crippen LogP contribution is 2.32. The van der Waals surface area contributed by atoms with Crippen LogP contribution in [0, 0.1) is 17.1 Å². The number of aromatic amines is 1. The Hall–Kier alpha value is -3.47. The van der Waals surface area contributed by atoms with E-state index in [1.54, 1.807) is 18.2 Å². The molecule has 23 heavy (non-hydrogen) atoms. The molecule has 0 spiro atoms. The van der Waals surface area contributed by atoms with Crippen LogP contribution in [0.5, 0.6) is 5.75 Å². The van der Waals surface area contributed by atoms with Gasteiger partial charge in [-0.15, -0.1) is 0 Å². The predicted octanol–water partition coefficient (Wildman–Crippen LogP) is 2.63. The Labute approximate surface area is 130 Å². The van der Waals surface area contributed by atoms with Gasteiger partial charge >= 0.3 is 0 Å². The van der Waals surface area contributed by atoms with E-state index in [2.05, 4.69) is 25.5 Å². The quantitative estimate of drug-likeness (QED) is 0.768. The van der Waals surface area contributed by atoms with Gasteiger partial charge in [-0.3, -0.25) is 5.10 Å². The highest BCUT2D eigenvalue weighted by molar-refractivity contribution is 5.71. The van der Waals surface area contributed by atoms with Gasteiger partial charge in [-0.2, -0.15) is 10.4 Å². The average Bonchev–Trinajstić information content (AvgIpc) is 3.03. The molecule has 2 heterocycles. The fourth-order valence-corrected chi connectivity index (χ4v) is 2.03. The number of rotatable bonds is 4. The molecule has 8 heteroatoms. The van der Waals surface area contributed by atoms with Crippen molar-refractivity contribution in [1.82, 2.24) is 20.2 Å². The van der Waals surface area contributed by atoms with E-state index in [4.69, 9.17) is 10.00 Å². The summed E-state index contributed by atoms with van der Waals surface area (Å²) in [5, 5.41) is 18.4.